The van der Waals surface area contributed by atoms with Crippen molar-refractivity contribution in [2.45, 2.75) is 0 Å². The van der Waals surface area contributed by atoms with Gasteiger partial charge in [0.15, 0.2) is 0 Å². The molecule has 0 aliphatic rings. The van der Waals surface area contributed by atoms with Gasteiger partial charge in [-0.1, -0.05) is 23.2 Å². The maximum atomic E-state index is 6.03. The summed E-state index contributed by atoms with van der Waals surface area (Å²) in [5, 5.41) is 1.26. The lowest BCUT2D eigenvalue weighted by molar-refractivity contribution is 0.410. The molecule has 2 nitrogen and oxygen atoms in total. The topological polar surface area (TPSA) is 18.5 Å². The maximum absolute atomic E-state index is 6.03. The molecule has 0 aliphatic carbocycles. The molecule has 0 fully saturated rings. The molecule has 0 saturated carbocycles. The van der Waals surface area contributed by atoms with Crippen LogP contribution in [0.15, 0.2) is 36.4 Å². The number of halogens is 2. The Morgan fingerprint density at radius 1 is 0.722 bits per heavy atom. The molecule has 0 aliphatic heterocycles. The molecular formula is C14H12Cl2O2. The van der Waals surface area contributed by atoms with Crippen molar-refractivity contribution in [3.8, 4) is 22.6 Å². The molecule has 0 aromatic heterocycles. The van der Waals surface area contributed by atoms with Crippen molar-refractivity contribution in [2.24, 2.45) is 0 Å². The summed E-state index contributed by atoms with van der Waals surface area (Å²) in [4.78, 5) is 0. The average Bonchev–Trinajstić information content (AvgIpc) is 2.38. The first-order chi connectivity index (χ1) is 8.65. The van der Waals surface area contributed by atoms with Gasteiger partial charge in [-0.25, -0.2) is 0 Å². The number of hydrogen-bond donors (Lipinski definition) is 0. The van der Waals surface area contributed by atoms with Gasteiger partial charge in [-0.15, -0.1) is 0 Å². The number of hydrogen-bond acceptors (Lipinski definition) is 2. The molecule has 0 heterocycles. The van der Waals surface area contributed by atoms with E-state index in [9.17, 15) is 0 Å². The zero-order chi connectivity index (χ0) is 13.1. The Hall–Kier alpha value is -1.38. The molecule has 2 rings (SSSR count). The molecule has 0 saturated heterocycles. The standard InChI is InChI=1S/C14H12Cl2O2/c1-17-13-5-3-9(15)7-11(13)12-8-10(16)4-6-14(12)18-2/h3-8H,1-2H3. The van der Waals surface area contributed by atoms with Gasteiger partial charge in [0, 0.05) is 21.2 Å². The van der Waals surface area contributed by atoms with E-state index < -0.39 is 0 Å². The second-order valence-electron chi connectivity index (χ2n) is 3.69. The van der Waals surface area contributed by atoms with Gasteiger partial charge in [0.05, 0.1) is 14.2 Å². The summed E-state index contributed by atoms with van der Waals surface area (Å²) in [6.45, 7) is 0. The van der Waals surface area contributed by atoms with Gasteiger partial charge in [-0.2, -0.15) is 0 Å². The Morgan fingerprint density at radius 2 is 1.11 bits per heavy atom. The van der Waals surface area contributed by atoms with Crippen LogP contribution in [0.5, 0.6) is 11.5 Å². The first-order valence-electron chi connectivity index (χ1n) is 5.33. The van der Waals surface area contributed by atoms with E-state index in [-0.39, 0.29) is 0 Å². The molecule has 2 aromatic rings. The van der Waals surface area contributed by atoms with Crippen molar-refractivity contribution < 1.29 is 9.47 Å². The van der Waals surface area contributed by atoms with Crippen LogP contribution in [-0.4, -0.2) is 14.2 Å². The summed E-state index contributed by atoms with van der Waals surface area (Å²) in [6.07, 6.45) is 0. The minimum absolute atomic E-state index is 0.632. The first kappa shape index (κ1) is 13.1. The molecule has 2 aromatic carbocycles. The zero-order valence-corrected chi connectivity index (χ0v) is 11.5. The minimum atomic E-state index is 0.632. The molecule has 0 amide bonds. The molecule has 0 bridgehead atoms. The fourth-order valence-corrected chi connectivity index (χ4v) is 2.13. The lowest BCUT2D eigenvalue weighted by Gasteiger charge is -2.13. The van der Waals surface area contributed by atoms with Crippen LogP contribution in [0, 0.1) is 0 Å². The van der Waals surface area contributed by atoms with Gasteiger partial charge in [-0.3, -0.25) is 0 Å². The smallest absolute Gasteiger partial charge is 0.126 e. The Morgan fingerprint density at radius 3 is 1.44 bits per heavy atom. The van der Waals surface area contributed by atoms with E-state index in [1.54, 1.807) is 26.4 Å². The van der Waals surface area contributed by atoms with Gasteiger partial charge in [0.2, 0.25) is 0 Å². The van der Waals surface area contributed by atoms with Gasteiger partial charge >= 0.3 is 0 Å². The molecule has 4 heteroatoms. The summed E-state index contributed by atoms with van der Waals surface area (Å²) in [5.74, 6) is 1.44. The fourth-order valence-electron chi connectivity index (χ4n) is 1.78. The van der Waals surface area contributed by atoms with Crippen LogP contribution in [0.4, 0.5) is 0 Å². The van der Waals surface area contributed by atoms with Gasteiger partial charge in [0.25, 0.3) is 0 Å². The lowest BCUT2D eigenvalue weighted by Crippen LogP contribution is -1.91. The quantitative estimate of drug-likeness (QED) is 0.814. The molecular weight excluding hydrogens is 271 g/mol. The Labute approximate surface area is 116 Å². The monoisotopic (exact) mass is 282 g/mol. The highest BCUT2D eigenvalue weighted by Crippen LogP contribution is 2.39. The summed E-state index contributed by atoms with van der Waals surface area (Å²) in [5.41, 5.74) is 1.70. The number of benzene rings is 2. The third kappa shape index (κ3) is 2.55. The molecule has 0 unspecified atom stereocenters. The van der Waals surface area contributed by atoms with Crippen LogP contribution < -0.4 is 9.47 Å². The van der Waals surface area contributed by atoms with Crippen molar-refractivity contribution in [1.29, 1.82) is 0 Å². The second-order valence-corrected chi connectivity index (χ2v) is 4.56. The summed E-state index contributed by atoms with van der Waals surface area (Å²) in [7, 11) is 3.23. The van der Waals surface area contributed by atoms with E-state index in [2.05, 4.69) is 0 Å². The summed E-state index contributed by atoms with van der Waals surface area (Å²) < 4.78 is 10.7. The molecule has 0 atom stereocenters. The SMILES string of the molecule is COc1ccc(Cl)cc1-c1cc(Cl)ccc1OC. The van der Waals surface area contributed by atoms with E-state index in [0.717, 1.165) is 22.6 Å². The molecule has 94 valence electrons. The second kappa shape index (κ2) is 5.51. The highest BCUT2D eigenvalue weighted by atomic mass is 35.5. The van der Waals surface area contributed by atoms with Crippen molar-refractivity contribution >= 4 is 23.2 Å². The predicted octanol–water partition coefficient (Wildman–Crippen LogP) is 4.68. The minimum Gasteiger partial charge on any atom is -0.496 e. The Kier molecular flexibility index (Phi) is 4.00. The van der Waals surface area contributed by atoms with Gasteiger partial charge < -0.3 is 9.47 Å². The largest absolute Gasteiger partial charge is 0.496 e. The van der Waals surface area contributed by atoms with Crippen molar-refractivity contribution in [3.63, 3.8) is 0 Å². The van der Waals surface area contributed by atoms with E-state index in [4.69, 9.17) is 32.7 Å². The fraction of sp³-hybridized carbons (Fsp3) is 0.143. The Balaban J connectivity index is 2.67. The van der Waals surface area contributed by atoms with Crippen LogP contribution >= 0.6 is 23.2 Å². The van der Waals surface area contributed by atoms with Crippen molar-refractivity contribution in [3.05, 3.63) is 46.4 Å². The average molecular weight is 283 g/mol. The Bertz CT molecular complexity index is 516. The molecule has 18 heavy (non-hydrogen) atoms. The van der Waals surface area contributed by atoms with Crippen molar-refractivity contribution in [2.75, 3.05) is 14.2 Å². The number of ether oxygens (including phenoxy) is 2. The summed E-state index contributed by atoms with van der Waals surface area (Å²) in [6, 6.07) is 10.8. The van der Waals surface area contributed by atoms with E-state index >= 15 is 0 Å². The highest BCUT2D eigenvalue weighted by molar-refractivity contribution is 6.31. The number of rotatable bonds is 3. The zero-order valence-electron chi connectivity index (χ0n) is 10.0. The molecule has 0 N–H and O–H groups in total. The highest BCUT2D eigenvalue weighted by Gasteiger charge is 2.12. The van der Waals surface area contributed by atoms with Crippen LogP contribution in [0.25, 0.3) is 11.1 Å². The molecule has 0 radical (unpaired) electrons. The van der Waals surface area contributed by atoms with E-state index in [1.165, 1.54) is 0 Å². The third-order valence-corrected chi connectivity index (χ3v) is 3.08. The maximum Gasteiger partial charge on any atom is 0.126 e. The molecule has 0 spiro atoms. The van der Waals surface area contributed by atoms with Crippen LogP contribution in [0.2, 0.25) is 10.0 Å². The lowest BCUT2D eigenvalue weighted by atomic mass is 10.0. The third-order valence-electron chi connectivity index (χ3n) is 2.61. The summed E-state index contributed by atoms with van der Waals surface area (Å²) >= 11 is 12.1. The van der Waals surface area contributed by atoms with Gasteiger partial charge in [-0.05, 0) is 36.4 Å². The number of methoxy groups -OCH3 is 2. The van der Waals surface area contributed by atoms with Gasteiger partial charge in [0.1, 0.15) is 11.5 Å². The normalized spacial score (nSPS) is 10.2. The van der Waals surface area contributed by atoms with E-state index in [1.807, 2.05) is 24.3 Å². The van der Waals surface area contributed by atoms with Crippen LogP contribution in [0.3, 0.4) is 0 Å². The predicted molar refractivity (Wildman–Crippen MR) is 75.0 cm³/mol. The van der Waals surface area contributed by atoms with Crippen LogP contribution in [-0.2, 0) is 0 Å². The van der Waals surface area contributed by atoms with E-state index in [0.29, 0.717) is 10.0 Å². The van der Waals surface area contributed by atoms with Crippen molar-refractivity contribution in [1.82, 2.24) is 0 Å². The van der Waals surface area contributed by atoms with Crippen LogP contribution in [0.1, 0.15) is 0 Å². The first-order valence-corrected chi connectivity index (χ1v) is 6.08.